The molecular formula is C25H29N7O2. The van der Waals surface area contributed by atoms with Crippen molar-refractivity contribution in [2.24, 2.45) is 13.0 Å². The second-order valence-electron chi connectivity index (χ2n) is 9.28. The summed E-state index contributed by atoms with van der Waals surface area (Å²) in [5.41, 5.74) is 5.71. The molecule has 0 N–H and O–H groups in total. The fraction of sp³-hybridized carbons (Fsp3) is 0.480. The number of hydrogen-bond acceptors (Lipinski definition) is 8. The maximum absolute atomic E-state index is 6.57. The lowest BCUT2D eigenvalue weighted by molar-refractivity contribution is 0.122. The SMILES string of the molecule is Cn1cnc2c(CC3CCC(Oc4cc(N5CCOCC5)cc5nccnc45)CC3)ncnc21. The van der Waals surface area contributed by atoms with Gasteiger partial charge in [-0.3, -0.25) is 4.98 Å². The van der Waals surface area contributed by atoms with E-state index in [1.54, 1.807) is 18.7 Å². The van der Waals surface area contributed by atoms with Crippen molar-refractivity contribution in [2.75, 3.05) is 31.2 Å². The highest BCUT2D eigenvalue weighted by atomic mass is 16.5. The lowest BCUT2D eigenvalue weighted by atomic mass is 9.84. The maximum atomic E-state index is 6.57. The number of ether oxygens (including phenoxy) is 2. The van der Waals surface area contributed by atoms with Crippen molar-refractivity contribution in [3.05, 3.63) is 42.9 Å². The first-order chi connectivity index (χ1) is 16.7. The molecule has 1 saturated carbocycles. The molecule has 3 aromatic heterocycles. The van der Waals surface area contributed by atoms with Gasteiger partial charge in [0.2, 0.25) is 0 Å². The molecular weight excluding hydrogens is 430 g/mol. The van der Waals surface area contributed by atoms with E-state index in [9.17, 15) is 0 Å². The van der Waals surface area contributed by atoms with Crippen LogP contribution < -0.4 is 9.64 Å². The van der Waals surface area contributed by atoms with Crippen molar-refractivity contribution in [2.45, 2.75) is 38.2 Å². The molecule has 1 saturated heterocycles. The minimum Gasteiger partial charge on any atom is -0.488 e. The van der Waals surface area contributed by atoms with Gasteiger partial charge in [-0.1, -0.05) is 0 Å². The molecule has 4 aromatic rings. The van der Waals surface area contributed by atoms with Crippen LogP contribution in [-0.4, -0.2) is 61.9 Å². The van der Waals surface area contributed by atoms with Crippen LogP contribution in [-0.2, 0) is 18.2 Å². The predicted octanol–water partition coefficient (Wildman–Crippen LogP) is 3.32. The van der Waals surface area contributed by atoms with Crippen molar-refractivity contribution in [3.63, 3.8) is 0 Å². The van der Waals surface area contributed by atoms with E-state index in [0.29, 0.717) is 5.92 Å². The number of rotatable bonds is 5. The Bertz CT molecular complexity index is 1290. The summed E-state index contributed by atoms with van der Waals surface area (Å²) >= 11 is 0. The number of benzene rings is 1. The van der Waals surface area contributed by atoms with Gasteiger partial charge in [0.05, 0.1) is 36.9 Å². The van der Waals surface area contributed by atoms with Crippen LogP contribution in [0.25, 0.3) is 22.2 Å². The third-order valence-corrected chi connectivity index (χ3v) is 7.04. The molecule has 1 aromatic carbocycles. The number of fused-ring (bicyclic) bond motifs is 2. The zero-order valence-electron chi connectivity index (χ0n) is 19.4. The summed E-state index contributed by atoms with van der Waals surface area (Å²) in [6.45, 7) is 3.25. The van der Waals surface area contributed by atoms with Gasteiger partial charge in [0.25, 0.3) is 0 Å². The normalized spacial score (nSPS) is 21.3. The Labute approximate surface area is 198 Å². The van der Waals surface area contributed by atoms with Gasteiger partial charge in [-0.05, 0) is 44.1 Å². The lowest BCUT2D eigenvalue weighted by Crippen LogP contribution is -2.36. The summed E-state index contributed by atoms with van der Waals surface area (Å²) in [5.74, 6) is 1.41. The first-order valence-electron chi connectivity index (χ1n) is 12.1. The van der Waals surface area contributed by atoms with E-state index in [1.807, 2.05) is 17.9 Å². The summed E-state index contributed by atoms with van der Waals surface area (Å²) in [5, 5.41) is 0. The van der Waals surface area contributed by atoms with Gasteiger partial charge in [-0.25, -0.2) is 19.9 Å². The average molecular weight is 460 g/mol. The number of aryl methyl sites for hydroxylation is 1. The standard InChI is InChI=1S/C25H29N7O2/c1-31-16-30-24-20(28-15-29-25(24)31)12-17-2-4-19(5-3-17)34-22-14-18(32-8-10-33-11-9-32)13-21-23(22)27-7-6-26-21/h6-7,13-17,19H,2-5,8-12H2,1H3. The van der Waals surface area contributed by atoms with Crippen LogP contribution in [0.15, 0.2) is 37.2 Å². The van der Waals surface area contributed by atoms with Crippen LogP contribution in [0.3, 0.4) is 0 Å². The second kappa shape index (κ2) is 9.13. The van der Waals surface area contributed by atoms with E-state index in [-0.39, 0.29) is 6.10 Å². The molecule has 4 heterocycles. The van der Waals surface area contributed by atoms with E-state index in [0.717, 1.165) is 97.7 Å². The molecule has 9 nitrogen and oxygen atoms in total. The van der Waals surface area contributed by atoms with Gasteiger partial charge < -0.3 is 18.9 Å². The van der Waals surface area contributed by atoms with Crippen molar-refractivity contribution < 1.29 is 9.47 Å². The van der Waals surface area contributed by atoms with Crippen molar-refractivity contribution in [3.8, 4) is 5.75 Å². The molecule has 0 bridgehead atoms. The predicted molar refractivity (Wildman–Crippen MR) is 129 cm³/mol. The van der Waals surface area contributed by atoms with Gasteiger partial charge in [0.15, 0.2) is 5.65 Å². The first-order valence-corrected chi connectivity index (χ1v) is 12.1. The summed E-state index contributed by atoms with van der Waals surface area (Å²) in [7, 11) is 1.97. The van der Waals surface area contributed by atoms with Gasteiger partial charge in [-0.2, -0.15) is 0 Å². The monoisotopic (exact) mass is 459 g/mol. The highest BCUT2D eigenvalue weighted by Gasteiger charge is 2.25. The molecule has 2 aliphatic rings. The summed E-state index contributed by atoms with van der Waals surface area (Å²) in [4.78, 5) is 24.9. The van der Waals surface area contributed by atoms with Crippen molar-refractivity contribution in [1.29, 1.82) is 0 Å². The highest BCUT2D eigenvalue weighted by Crippen LogP contribution is 2.35. The third-order valence-electron chi connectivity index (χ3n) is 7.04. The Morgan fingerprint density at radius 2 is 1.76 bits per heavy atom. The second-order valence-corrected chi connectivity index (χ2v) is 9.28. The summed E-state index contributed by atoms with van der Waals surface area (Å²) < 4.78 is 14.0. The van der Waals surface area contributed by atoms with Gasteiger partial charge in [-0.15, -0.1) is 0 Å². The number of morpholine rings is 1. The van der Waals surface area contributed by atoms with Crippen molar-refractivity contribution in [1.82, 2.24) is 29.5 Å². The molecule has 1 aliphatic heterocycles. The fourth-order valence-electron chi connectivity index (χ4n) is 5.17. The van der Waals surface area contributed by atoms with E-state index < -0.39 is 0 Å². The highest BCUT2D eigenvalue weighted by molar-refractivity contribution is 5.85. The number of anilines is 1. The minimum atomic E-state index is 0.182. The van der Waals surface area contributed by atoms with Gasteiger partial charge >= 0.3 is 0 Å². The first kappa shape index (κ1) is 21.2. The molecule has 0 unspecified atom stereocenters. The average Bonchev–Trinajstić information content (AvgIpc) is 3.27. The molecule has 2 fully saturated rings. The fourth-order valence-corrected chi connectivity index (χ4v) is 5.17. The van der Waals surface area contributed by atoms with Crippen LogP contribution in [0, 0.1) is 5.92 Å². The summed E-state index contributed by atoms with van der Waals surface area (Å²) in [6.07, 6.45) is 12.3. The maximum Gasteiger partial charge on any atom is 0.163 e. The Hall–Kier alpha value is -3.33. The van der Waals surface area contributed by atoms with E-state index in [4.69, 9.17) is 9.47 Å². The Morgan fingerprint density at radius 3 is 2.62 bits per heavy atom. The number of imidazole rings is 1. The largest absolute Gasteiger partial charge is 0.488 e. The molecule has 0 radical (unpaired) electrons. The van der Waals surface area contributed by atoms with E-state index in [2.05, 4.69) is 42.0 Å². The third kappa shape index (κ3) is 4.16. The number of nitrogens with zero attached hydrogens (tertiary/aromatic N) is 7. The molecule has 0 spiro atoms. The molecule has 9 heteroatoms. The van der Waals surface area contributed by atoms with Crippen molar-refractivity contribution >= 4 is 27.9 Å². The van der Waals surface area contributed by atoms with Crippen LogP contribution >= 0.6 is 0 Å². The molecule has 176 valence electrons. The molecule has 0 atom stereocenters. The zero-order valence-corrected chi connectivity index (χ0v) is 19.4. The number of hydrogen-bond donors (Lipinski definition) is 0. The van der Waals surface area contributed by atoms with E-state index >= 15 is 0 Å². The van der Waals surface area contributed by atoms with Gasteiger partial charge in [0, 0.05) is 44.3 Å². The quantitative estimate of drug-likeness (QED) is 0.449. The molecule has 6 rings (SSSR count). The Balaban J connectivity index is 1.16. The van der Waals surface area contributed by atoms with Crippen LogP contribution in [0.4, 0.5) is 5.69 Å². The molecule has 0 amide bonds. The lowest BCUT2D eigenvalue weighted by Gasteiger charge is -2.31. The minimum absolute atomic E-state index is 0.182. The van der Waals surface area contributed by atoms with E-state index in [1.165, 1.54) is 0 Å². The smallest absolute Gasteiger partial charge is 0.163 e. The molecule has 1 aliphatic carbocycles. The van der Waals surface area contributed by atoms with Crippen LogP contribution in [0.5, 0.6) is 5.75 Å². The van der Waals surface area contributed by atoms with Gasteiger partial charge in [0.1, 0.15) is 23.1 Å². The van der Waals surface area contributed by atoms with Crippen LogP contribution in [0.2, 0.25) is 0 Å². The molecule has 34 heavy (non-hydrogen) atoms. The topological polar surface area (TPSA) is 91.1 Å². The summed E-state index contributed by atoms with van der Waals surface area (Å²) in [6, 6.07) is 4.24. The number of aromatic nitrogens is 6. The Morgan fingerprint density at radius 1 is 0.941 bits per heavy atom. The van der Waals surface area contributed by atoms with Crippen LogP contribution in [0.1, 0.15) is 31.4 Å². The Kier molecular flexibility index (Phi) is 5.70. The zero-order chi connectivity index (χ0) is 22.9.